The molecule has 42 valence electrons. The summed E-state index contributed by atoms with van der Waals surface area (Å²) < 4.78 is 4.95. The van der Waals surface area contributed by atoms with Gasteiger partial charge in [0.15, 0.2) is 0 Å². The monoisotopic (exact) mass is 109 g/mol. The van der Waals surface area contributed by atoms with E-state index >= 15 is 0 Å². The Balaban J connectivity index is 2.54. The first kappa shape index (κ1) is 4.15. The van der Waals surface area contributed by atoms with Crippen LogP contribution in [0.25, 0.3) is 0 Å². The maximum absolute atomic E-state index is 4.95. The number of rotatable bonds is 0. The minimum absolute atomic E-state index is 0.978. The molecule has 0 unspecified atom stereocenters. The molecule has 1 aromatic heterocycles. The zero-order valence-electron chi connectivity index (χ0n) is 4.48. The van der Waals surface area contributed by atoms with Gasteiger partial charge >= 0.3 is 0 Å². The molecule has 0 bridgehead atoms. The van der Waals surface area contributed by atoms with E-state index in [9.17, 15) is 0 Å². The lowest BCUT2D eigenvalue weighted by molar-refractivity contribution is 0.551. The molecule has 0 saturated heterocycles. The standard InChI is InChI=1S/C6H7NO/c1-5-3-8-4-6(5)2-7-1/h3-4,7H,1-2H2. The van der Waals surface area contributed by atoms with E-state index in [0.717, 1.165) is 13.1 Å². The smallest absolute Gasteiger partial charge is 0.0950 e. The van der Waals surface area contributed by atoms with Crippen molar-refractivity contribution < 1.29 is 4.42 Å². The lowest BCUT2D eigenvalue weighted by Gasteiger charge is -1.82. The van der Waals surface area contributed by atoms with Crippen LogP contribution in [0.4, 0.5) is 0 Å². The summed E-state index contributed by atoms with van der Waals surface area (Å²) in [5.74, 6) is 0. The Hall–Kier alpha value is -0.760. The predicted octanol–water partition coefficient (Wildman–Crippen LogP) is 0.883. The molecule has 2 heterocycles. The Bertz CT molecular complexity index is 174. The van der Waals surface area contributed by atoms with Crippen LogP contribution in [0, 0.1) is 0 Å². The van der Waals surface area contributed by atoms with Crippen LogP contribution in [-0.4, -0.2) is 0 Å². The Morgan fingerprint density at radius 3 is 2.50 bits per heavy atom. The minimum Gasteiger partial charge on any atom is -0.472 e. The van der Waals surface area contributed by atoms with Gasteiger partial charge in [-0.25, -0.2) is 0 Å². The van der Waals surface area contributed by atoms with E-state index in [2.05, 4.69) is 5.32 Å². The summed E-state index contributed by atoms with van der Waals surface area (Å²) in [5, 5.41) is 3.21. The second-order valence-corrected chi connectivity index (χ2v) is 2.03. The fourth-order valence-corrected chi connectivity index (χ4v) is 0.992. The Kier molecular flexibility index (Phi) is 0.704. The Labute approximate surface area is 47.5 Å². The van der Waals surface area contributed by atoms with Crippen molar-refractivity contribution in [2.75, 3.05) is 0 Å². The van der Waals surface area contributed by atoms with E-state index in [-0.39, 0.29) is 0 Å². The molecule has 1 N–H and O–H groups in total. The van der Waals surface area contributed by atoms with Crippen LogP contribution in [-0.2, 0) is 13.1 Å². The summed E-state index contributed by atoms with van der Waals surface area (Å²) in [5.41, 5.74) is 2.62. The van der Waals surface area contributed by atoms with Gasteiger partial charge in [0.25, 0.3) is 0 Å². The SMILES string of the molecule is c1occ2c1CNC2. The lowest BCUT2D eigenvalue weighted by Crippen LogP contribution is -2.00. The molecule has 2 nitrogen and oxygen atoms in total. The van der Waals surface area contributed by atoms with E-state index in [1.54, 1.807) is 12.5 Å². The number of hydrogen-bond acceptors (Lipinski definition) is 2. The number of fused-ring (bicyclic) bond motifs is 1. The topological polar surface area (TPSA) is 25.2 Å². The molecular weight excluding hydrogens is 102 g/mol. The molecule has 2 rings (SSSR count). The molecule has 1 aromatic rings. The number of hydrogen-bond donors (Lipinski definition) is 1. The molecular formula is C6H7NO. The summed E-state index contributed by atoms with van der Waals surface area (Å²) in [6.07, 6.45) is 3.60. The van der Waals surface area contributed by atoms with Crippen LogP contribution in [0.3, 0.4) is 0 Å². The fourth-order valence-electron chi connectivity index (χ4n) is 0.992. The first-order chi connectivity index (χ1) is 3.97. The molecule has 1 aliphatic rings. The average molecular weight is 109 g/mol. The van der Waals surface area contributed by atoms with Crippen molar-refractivity contribution >= 4 is 0 Å². The van der Waals surface area contributed by atoms with Crippen molar-refractivity contribution in [3.05, 3.63) is 23.7 Å². The van der Waals surface area contributed by atoms with E-state index in [1.807, 2.05) is 0 Å². The molecule has 0 atom stereocenters. The number of furan rings is 1. The Morgan fingerprint density at radius 2 is 1.88 bits per heavy atom. The highest BCUT2D eigenvalue weighted by molar-refractivity contribution is 5.23. The zero-order chi connectivity index (χ0) is 5.40. The van der Waals surface area contributed by atoms with Gasteiger partial charge in [0, 0.05) is 24.2 Å². The van der Waals surface area contributed by atoms with Crippen molar-refractivity contribution in [3.8, 4) is 0 Å². The predicted molar refractivity (Wildman–Crippen MR) is 29.3 cm³/mol. The molecule has 0 fully saturated rings. The largest absolute Gasteiger partial charge is 0.472 e. The zero-order valence-corrected chi connectivity index (χ0v) is 4.48. The summed E-state index contributed by atoms with van der Waals surface area (Å²) in [6, 6.07) is 0. The second-order valence-electron chi connectivity index (χ2n) is 2.03. The van der Waals surface area contributed by atoms with Crippen LogP contribution >= 0.6 is 0 Å². The van der Waals surface area contributed by atoms with E-state index in [4.69, 9.17) is 4.42 Å². The van der Waals surface area contributed by atoms with E-state index < -0.39 is 0 Å². The second kappa shape index (κ2) is 1.36. The highest BCUT2D eigenvalue weighted by atomic mass is 16.3. The average Bonchev–Trinajstić information content (AvgIpc) is 2.15. The maximum Gasteiger partial charge on any atom is 0.0950 e. The third-order valence-electron chi connectivity index (χ3n) is 1.46. The maximum atomic E-state index is 4.95. The van der Waals surface area contributed by atoms with Gasteiger partial charge in [0.05, 0.1) is 12.5 Å². The van der Waals surface area contributed by atoms with Gasteiger partial charge in [0.1, 0.15) is 0 Å². The van der Waals surface area contributed by atoms with Crippen molar-refractivity contribution in [2.45, 2.75) is 13.1 Å². The first-order valence-corrected chi connectivity index (χ1v) is 2.71. The van der Waals surface area contributed by atoms with Gasteiger partial charge in [0.2, 0.25) is 0 Å². The molecule has 0 spiro atoms. The van der Waals surface area contributed by atoms with Gasteiger partial charge in [-0.2, -0.15) is 0 Å². The molecule has 0 saturated carbocycles. The fraction of sp³-hybridized carbons (Fsp3) is 0.333. The van der Waals surface area contributed by atoms with Gasteiger partial charge in [-0.05, 0) is 0 Å². The van der Waals surface area contributed by atoms with Crippen LogP contribution in [0.2, 0.25) is 0 Å². The van der Waals surface area contributed by atoms with Crippen molar-refractivity contribution in [1.82, 2.24) is 5.32 Å². The molecule has 2 heteroatoms. The Morgan fingerprint density at radius 1 is 1.25 bits per heavy atom. The summed E-state index contributed by atoms with van der Waals surface area (Å²) in [4.78, 5) is 0. The first-order valence-electron chi connectivity index (χ1n) is 2.71. The quantitative estimate of drug-likeness (QED) is 0.535. The molecule has 0 amide bonds. The van der Waals surface area contributed by atoms with Gasteiger partial charge in [-0.1, -0.05) is 0 Å². The minimum atomic E-state index is 0.978. The van der Waals surface area contributed by atoms with E-state index in [1.165, 1.54) is 11.1 Å². The highest BCUT2D eigenvalue weighted by Gasteiger charge is 2.09. The lowest BCUT2D eigenvalue weighted by atomic mass is 10.2. The van der Waals surface area contributed by atoms with Crippen molar-refractivity contribution in [2.24, 2.45) is 0 Å². The van der Waals surface area contributed by atoms with Crippen molar-refractivity contribution in [1.29, 1.82) is 0 Å². The van der Waals surface area contributed by atoms with Crippen molar-refractivity contribution in [3.63, 3.8) is 0 Å². The van der Waals surface area contributed by atoms with Crippen LogP contribution < -0.4 is 5.32 Å². The van der Waals surface area contributed by atoms with Crippen LogP contribution in [0.15, 0.2) is 16.9 Å². The van der Waals surface area contributed by atoms with Gasteiger partial charge in [-0.15, -0.1) is 0 Å². The number of nitrogens with one attached hydrogen (secondary N) is 1. The van der Waals surface area contributed by atoms with Gasteiger partial charge in [-0.3, -0.25) is 0 Å². The summed E-state index contributed by atoms with van der Waals surface area (Å²) in [7, 11) is 0. The molecule has 1 aliphatic heterocycles. The van der Waals surface area contributed by atoms with E-state index in [0.29, 0.717) is 0 Å². The molecule has 0 aliphatic carbocycles. The highest BCUT2D eigenvalue weighted by Crippen LogP contribution is 2.14. The third-order valence-corrected chi connectivity index (χ3v) is 1.46. The summed E-state index contributed by atoms with van der Waals surface area (Å²) in [6.45, 7) is 1.96. The molecule has 0 radical (unpaired) electrons. The molecule has 8 heavy (non-hydrogen) atoms. The van der Waals surface area contributed by atoms with Crippen LogP contribution in [0.5, 0.6) is 0 Å². The third kappa shape index (κ3) is 0.406. The normalized spacial score (nSPS) is 16.5. The van der Waals surface area contributed by atoms with Crippen LogP contribution in [0.1, 0.15) is 11.1 Å². The molecule has 0 aromatic carbocycles. The summed E-state index contributed by atoms with van der Waals surface area (Å²) >= 11 is 0. The van der Waals surface area contributed by atoms with Gasteiger partial charge < -0.3 is 9.73 Å².